The van der Waals surface area contributed by atoms with E-state index in [0.29, 0.717) is 18.3 Å². The van der Waals surface area contributed by atoms with Gasteiger partial charge in [0, 0.05) is 25.7 Å². The zero-order valence-electron chi connectivity index (χ0n) is 16.1. The van der Waals surface area contributed by atoms with Crippen LogP contribution < -0.4 is 4.74 Å². The number of nitrogens with zero attached hydrogens (tertiary/aromatic N) is 2. The molecule has 0 aromatic heterocycles. The molecule has 1 saturated heterocycles. The first-order valence-corrected chi connectivity index (χ1v) is 10.1. The van der Waals surface area contributed by atoms with Crippen molar-refractivity contribution in [1.29, 1.82) is 0 Å². The van der Waals surface area contributed by atoms with Crippen LogP contribution in [-0.2, 0) is 11.3 Å². The molecule has 0 saturated carbocycles. The summed E-state index contributed by atoms with van der Waals surface area (Å²) in [6.45, 7) is 5.37. The number of hydrogen-bond acceptors (Lipinski definition) is 4. The summed E-state index contributed by atoms with van der Waals surface area (Å²) in [5.41, 5.74) is 2.45. The summed E-state index contributed by atoms with van der Waals surface area (Å²) < 4.78 is 18.8. The van der Waals surface area contributed by atoms with E-state index in [1.54, 1.807) is 12.1 Å². The minimum atomic E-state index is -0.268. The lowest BCUT2D eigenvalue weighted by Gasteiger charge is -2.34. The fourth-order valence-electron chi connectivity index (χ4n) is 4.39. The van der Waals surface area contributed by atoms with Gasteiger partial charge in [-0.3, -0.25) is 9.80 Å². The van der Waals surface area contributed by atoms with Gasteiger partial charge in [0.1, 0.15) is 24.5 Å². The first kappa shape index (κ1) is 19.1. The summed E-state index contributed by atoms with van der Waals surface area (Å²) in [5, 5.41) is 0. The largest absolute Gasteiger partial charge is 0.492 e. The van der Waals surface area contributed by atoms with E-state index in [1.807, 2.05) is 6.07 Å². The molecule has 1 fully saturated rings. The van der Waals surface area contributed by atoms with Crippen molar-refractivity contribution in [2.24, 2.45) is 5.92 Å². The zero-order valence-corrected chi connectivity index (χ0v) is 16.1. The normalized spacial score (nSPS) is 20.8. The quantitative estimate of drug-likeness (QED) is 0.684. The molecule has 0 bridgehead atoms. The lowest BCUT2D eigenvalue weighted by Crippen LogP contribution is -2.40. The number of ether oxygens (including phenoxy) is 1. The van der Waals surface area contributed by atoms with Gasteiger partial charge in [0.15, 0.2) is 0 Å². The van der Waals surface area contributed by atoms with Crippen LogP contribution in [-0.4, -0.2) is 48.9 Å². The molecule has 0 spiro atoms. The maximum atomic E-state index is 13.2. The number of rotatable bonds is 7. The van der Waals surface area contributed by atoms with Gasteiger partial charge in [-0.25, -0.2) is 4.39 Å². The predicted molar refractivity (Wildman–Crippen MR) is 107 cm³/mol. The molecule has 2 aliphatic heterocycles. The van der Waals surface area contributed by atoms with E-state index in [0.717, 1.165) is 51.9 Å². The Hall–Kier alpha value is -2.24. The molecular formula is C23H27FN2O2. The number of piperidine rings is 1. The van der Waals surface area contributed by atoms with Gasteiger partial charge in [-0.2, -0.15) is 0 Å². The van der Waals surface area contributed by atoms with E-state index in [1.165, 1.54) is 23.3 Å². The number of fused-ring (bicyclic) bond motifs is 1. The van der Waals surface area contributed by atoms with Crippen LogP contribution in [0.2, 0.25) is 0 Å². The van der Waals surface area contributed by atoms with Crippen LogP contribution in [0.4, 0.5) is 4.39 Å². The lowest BCUT2D eigenvalue weighted by molar-refractivity contribution is -0.112. The fourth-order valence-corrected chi connectivity index (χ4v) is 4.39. The summed E-state index contributed by atoms with van der Waals surface area (Å²) in [5.74, 6) is 0.941. The van der Waals surface area contributed by atoms with Gasteiger partial charge in [-0.15, -0.1) is 0 Å². The average molecular weight is 382 g/mol. The molecular weight excluding hydrogens is 355 g/mol. The number of benzene rings is 2. The Bertz CT molecular complexity index is 805. The molecule has 4 nitrogen and oxygen atoms in total. The average Bonchev–Trinajstić information content (AvgIpc) is 3.06. The number of hydrogen-bond donors (Lipinski definition) is 0. The highest BCUT2D eigenvalue weighted by Crippen LogP contribution is 2.33. The smallest absolute Gasteiger partial charge is 0.141 e. The maximum absolute atomic E-state index is 13.2. The van der Waals surface area contributed by atoms with E-state index in [2.05, 4.69) is 28.0 Å². The third-order valence-electron chi connectivity index (χ3n) is 5.94. The molecule has 28 heavy (non-hydrogen) atoms. The highest BCUT2D eigenvalue weighted by Gasteiger charge is 2.32. The van der Waals surface area contributed by atoms with Crippen molar-refractivity contribution >= 4 is 6.29 Å². The number of halogens is 1. The number of carbonyl (C=O) groups is 1. The third-order valence-corrected chi connectivity index (χ3v) is 5.94. The molecule has 148 valence electrons. The van der Waals surface area contributed by atoms with Crippen LogP contribution in [0.15, 0.2) is 48.5 Å². The van der Waals surface area contributed by atoms with E-state index in [-0.39, 0.29) is 11.9 Å². The molecule has 1 unspecified atom stereocenters. The molecule has 0 radical (unpaired) electrons. The van der Waals surface area contributed by atoms with Crippen LogP contribution in [0.1, 0.15) is 30.0 Å². The number of carbonyl (C=O) groups excluding carboxylic acids is 1. The van der Waals surface area contributed by atoms with Crippen LogP contribution in [0.3, 0.4) is 0 Å². The van der Waals surface area contributed by atoms with Gasteiger partial charge in [0.25, 0.3) is 0 Å². The number of aldehydes is 1. The second kappa shape index (κ2) is 8.84. The topological polar surface area (TPSA) is 32.8 Å². The van der Waals surface area contributed by atoms with Crippen molar-refractivity contribution in [2.45, 2.75) is 25.4 Å². The molecule has 0 amide bonds. The first-order chi connectivity index (χ1) is 13.7. The third kappa shape index (κ3) is 4.42. The van der Waals surface area contributed by atoms with Gasteiger partial charge in [-0.1, -0.05) is 30.3 Å². The molecule has 2 aliphatic rings. The Balaban J connectivity index is 1.21. The SMILES string of the molecule is O=CC1c2ccccc2CN1CC1CCN(CCOc2cccc(F)c2)CC1. The Morgan fingerprint density at radius 3 is 2.71 bits per heavy atom. The van der Waals surface area contributed by atoms with Crippen molar-refractivity contribution in [3.8, 4) is 5.75 Å². The Kier molecular flexibility index (Phi) is 6.03. The maximum Gasteiger partial charge on any atom is 0.141 e. The van der Waals surface area contributed by atoms with Crippen LogP contribution in [0, 0.1) is 11.7 Å². The molecule has 1 atom stereocenters. The fraction of sp³-hybridized carbons (Fsp3) is 0.435. The molecule has 4 rings (SSSR count). The monoisotopic (exact) mass is 382 g/mol. The summed E-state index contributed by atoms with van der Waals surface area (Å²) in [6, 6.07) is 14.5. The summed E-state index contributed by atoms with van der Waals surface area (Å²) in [4.78, 5) is 16.4. The lowest BCUT2D eigenvalue weighted by atomic mass is 9.96. The van der Waals surface area contributed by atoms with Crippen molar-refractivity contribution < 1.29 is 13.9 Å². The molecule has 2 heterocycles. The van der Waals surface area contributed by atoms with E-state index < -0.39 is 0 Å². The minimum Gasteiger partial charge on any atom is -0.492 e. The van der Waals surface area contributed by atoms with Crippen LogP contribution >= 0.6 is 0 Å². The predicted octanol–water partition coefficient (Wildman–Crippen LogP) is 3.67. The van der Waals surface area contributed by atoms with Gasteiger partial charge < -0.3 is 9.53 Å². The van der Waals surface area contributed by atoms with Crippen molar-refractivity contribution in [2.75, 3.05) is 32.8 Å². The molecule has 2 aromatic carbocycles. The highest BCUT2D eigenvalue weighted by molar-refractivity contribution is 5.64. The van der Waals surface area contributed by atoms with Crippen LogP contribution in [0.5, 0.6) is 5.75 Å². The molecule has 2 aromatic rings. The van der Waals surface area contributed by atoms with Crippen molar-refractivity contribution in [1.82, 2.24) is 9.80 Å². The van der Waals surface area contributed by atoms with E-state index in [9.17, 15) is 9.18 Å². The Labute approximate surface area is 165 Å². The highest BCUT2D eigenvalue weighted by atomic mass is 19.1. The summed E-state index contributed by atoms with van der Waals surface area (Å²) in [6.07, 6.45) is 3.36. The Morgan fingerprint density at radius 2 is 1.93 bits per heavy atom. The molecule has 0 aliphatic carbocycles. The zero-order chi connectivity index (χ0) is 19.3. The van der Waals surface area contributed by atoms with Gasteiger partial charge in [-0.05, 0) is 55.1 Å². The van der Waals surface area contributed by atoms with Gasteiger partial charge in [0.2, 0.25) is 0 Å². The standard InChI is InChI=1S/C23H27FN2O2/c24-20-5-3-6-21(14-20)28-13-12-25-10-8-18(9-11-25)15-26-16-19-4-1-2-7-22(19)23(26)17-27/h1-7,14,17-18,23H,8-13,15-16H2. The summed E-state index contributed by atoms with van der Waals surface area (Å²) in [7, 11) is 0. The molecule has 0 N–H and O–H groups in total. The second-order valence-electron chi connectivity index (χ2n) is 7.80. The summed E-state index contributed by atoms with van der Waals surface area (Å²) >= 11 is 0. The number of likely N-dealkylation sites (tertiary alicyclic amines) is 1. The Morgan fingerprint density at radius 1 is 1.11 bits per heavy atom. The minimum absolute atomic E-state index is 0.0890. The van der Waals surface area contributed by atoms with E-state index >= 15 is 0 Å². The molecule has 5 heteroatoms. The van der Waals surface area contributed by atoms with E-state index in [4.69, 9.17) is 4.74 Å². The first-order valence-electron chi connectivity index (χ1n) is 10.1. The van der Waals surface area contributed by atoms with Gasteiger partial charge in [0.05, 0.1) is 6.04 Å². The van der Waals surface area contributed by atoms with Crippen molar-refractivity contribution in [3.63, 3.8) is 0 Å². The van der Waals surface area contributed by atoms with Gasteiger partial charge >= 0.3 is 0 Å². The van der Waals surface area contributed by atoms with Crippen LogP contribution in [0.25, 0.3) is 0 Å². The second-order valence-corrected chi connectivity index (χ2v) is 7.80. The van der Waals surface area contributed by atoms with Crippen molar-refractivity contribution in [3.05, 3.63) is 65.5 Å².